The van der Waals surface area contributed by atoms with Crippen molar-refractivity contribution in [3.63, 3.8) is 0 Å². The lowest BCUT2D eigenvalue weighted by molar-refractivity contribution is -0.140. The summed E-state index contributed by atoms with van der Waals surface area (Å²) in [4.78, 5) is 23.0. The average Bonchev–Trinajstić information content (AvgIpc) is 2.83. The van der Waals surface area contributed by atoms with Crippen LogP contribution in [0.5, 0.6) is 0 Å². The van der Waals surface area contributed by atoms with Gasteiger partial charge in [-0.05, 0) is 64.0 Å². The molecule has 1 heterocycles. The molecule has 2 rings (SSSR count). The normalized spacial score (nSPS) is 25.3. The molecule has 4 nitrogen and oxygen atoms in total. The molecule has 1 aliphatic heterocycles. The summed E-state index contributed by atoms with van der Waals surface area (Å²) in [5.74, 6) is -0.445. The van der Waals surface area contributed by atoms with Gasteiger partial charge in [0, 0.05) is 18.4 Å². The quantitative estimate of drug-likeness (QED) is 0.403. The molecule has 1 aliphatic carbocycles. The fourth-order valence-corrected chi connectivity index (χ4v) is 3.40. The van der Waals surface area contributed by atoms with Crippen LogP contribution in [0, 0.1) is 5.92 Å². The van der Waals surface area contributed by atoms with E-state index in [1.54, 1.807) is 0 Å². The van der Waals surface area contributed by atoms with E-state index in [1.165, 1.54) is 18.1 Å². The van der Waals surface area contributed by atoms with Crippen molar-refractivity contribution in [2.75, 3.05) is 6.61 Å². The van der Waals surface area contributed by atoms with Crippen LogP contribution in [-0.4, -0.2) is 24.6 Å². The third-order valence-corrected chi connectivity index (χ3v) is 5.04. The van der Waals surface area contributed by atoms with Gasteiger partial charge in [-0.25, -0.2) is 4.79 Å². The van der Waals surface area contributed by atoms with Crippen LogP contribution in [0.25, 0.3) is 0 Å². The Bertz CT molecular complexity index is 651. The van der Waals surface area contributed by atoms with Crippen molar-refractivity contribution in [1.29, 1.82) is 0 Å². The summed E-state index contributed by atoms with van der Waals surface area (Å²) in [6, 6.07) is 0. The summed E-state index contributed by atoms with van der Waals surface area (Å²) in [6.07, 6.45) is 11.7. The van der Waals surface area contributed by atoms with E-state index < -0.39 is 0 Å². The van der Waals surface area contributed by atoms with Gasteiger partial charge in [-0.3, -0.25) is 4.79 Å². The van der Waals surface area contributed by atoms with Gasteiger partial charge in [0.1, 0.15) is 12.7 Å². The van der Waals surface area contributed by atoms with Crippen molar-refractivity contribution >= 4 is 11.9 Å². The van der Waals surface area contributed by atoms with Crippen LogP contribution in [0.3, 0.4) is 0 Å². The smallest absolute Gasteiger partial charge is 0.334 e. The zero-order chi connectivity index (χ0) is 19.1. The lowest BCUT2D eigenvalue weighted by Gasteiger charge is -2.16. The first-order valence-electron chi connectivity index (χ1n) is 9.40. The summed E-state index contributed by atoms with van der Waals surface area (Å²) in [5.41, 5.74) is 4.27. The molecule has 2 atom stereocenters. The minimum Gasteiger partial charge on any atom is -0.461 e. The Hall–Kier alpha value is -2.10. The molecule has 1 fully saturated rings. The van der Waals surface area contributed by atoms with E-state index in [-0.39, 0.29) is 24.0 Å². The molecule has 0 radical (unpaired) electrons. The third kappa shape index (κ3) is 6.01. The summed E-state index contributed by atoms with van der Waals surface area (Å²) in [5, 5.41) is 0. The number of carbonyl (C=O) groups is 2. The zero-order valence-electron chi connectivity index (χ0n) is 16.2. The van der Waals surface area contributed by atoms with E-state index >= 15 is 0 Å². The maximum Gasteiger partial charge on any atom is 0.334 e. The maximum atomic E-state index is 11.9. The second-order valence-electron chi connectivity index (χ2n) is 7.32. The molecule has 2 unspecified atom stereocenters. The van der Waals surface area contributed by atoms with Gasteiger partial charge in [-0.15, -0.1) is 0 Å². The van der Waals surface area contributed by atoms with Crippen molar-refractivity contribution < 1.29 is 19.1 Å². The Balaban J connectivity index is 2.15. The minimum absolute atomic E-state index is 0.0683. The van der Waals surface area contributed by atoms with Gasteiger partial charge in [0.15, 0.2) is 0 Å². The molecular formula is C22H30O4. The number of ether oxygens (including phenoxy) is 2. The number of hydrogen-bond donors (Lipinski definition) is 0. The van der Waals surface area contributed by atoms with Gasteiger partial charge in [0.2, 0.25) is 0 Å². The summed E-state index contributed by atoms with van der Waals surface area (Å²) in [6.45, 7) is 9.94. The van der Waals surface area contributed by atoms with Crippen LogP contribution in [0.1, 0.15) is 59.3 Å². The Kier molecular flexibility index (Phi) is 7.43. The first-order chi connectivity index (χ1) is 12.4. The number of hydrogen-bond acceptors (Lipinski definition) is 4. The SMILES string of the molecule is C=C1C(=O)OC2C=C(C)CCC=C(COC(C)=O)CCC=C(C)CCC12. The summed E-state index contributed by atoms with van der Waals surface area (Å²) in [7, 11) is 0. The highest BCUT2D eigenvalue weighted by Crippen LogP contribution is 2.33. The predicted molar refractivity (Wildman–Crippen MR) is 102 cm³/mol. The molecule has 0 aromatic rings. The fraction of sp³-hybridized carbons (Fsp3) is 0.545. The monoisotopic (exact) mass is 358 g/mol. The van der Waals surface area contributed by atoms with Crippen molar-refractivity contribution in [3.8, 4) is 0 Å². The first-order valence-corrected chi connectivity index (χ1v) is 9.40. The standard InChI is InChI=1S/C22H30O4/c1-15-7-5-9-19(14-25-18(4)23)10-6-8-16(2)13-21-20(12-11-15)17(3)22(24)26-21/h7,10,13,20-21H,3,5-6,8-9,11-12,14H2,1-2,4H3. The van der Waals surface area contributed by atoms with Crippen LogP contribution in [0.15, 0.2) is 47.1 Å². The predicted octanol–water partition coefficient (Wildman–Crippen LogP) is 4.82. The van der Waals surface area contributed by atoms with E-state index in [2.05, 4.69) is 38.7 Å². The van der Waals surface area contributed by atoms with Gasteiger partial charge in [0.05, 0.1) is 0 Å². The van der Waals surface area contributed by atoms with Crippen molar-refractivity contribution in [2.45, 2.75) is 65.4 Å². The van der Waals surface area contributed by atoms with E-state index in [1.807, 2.05) is 0 Å². The molecule has 0 aromatic carbocycles. The van der Waals surface area contributed by atoms with Crippen molar-refractivity contribution in [3.05, 3.63) is 47.1 Å². The van der Waals surface area contributed by atoms with Crippen molar-refractivity contribution in [2.24, 2.45) is 5.92 Å². The molecule has 26 heavy (non-hydrogen) atoms. The van der Waals surface area contributed by atoms with Crippen molar-refractivity contribution in [1.82, 2.24) is 0 Å². The number of allylic oxidation sites excluding steroid dienone is 4. The Morgan fingerprint density at radius 1 is 1.19 bits per heavy atom. The molecular weight excluding hydrogens is 328 g/mol. The summed E-state index contributed by atoms with van der Waals surface area (Å²) >= 11 is 0. The number of carbonyl (C=O) groups excluding carboxylic acids is 2. The van der Waals surface area contributed by atoms with Gasteiger partial charge in [-0.1, -0.05) is 29.9 Å². The Morgan fingerprint density at radius 2 is 1.92 bits per heavy atom. The van der Waals surface area contributed by atoms with Gasteiger partial charge >= 0.3 is 11.9 Å². The molecule has 0 aromatic heterocycles. The van der Waals surface area contributed by atoms with Gasteiger partial charge in [0.25, 0.3) is 0 Å². The molecule has 4 heteroatoms. The van der Waals surface area contributed by atoms with Crippen LogP contribution >= 0.6 is 0 Å². The molecule has 2 aliphatic rings. The molecule has 0 saturated carbocycles. The summed E-state index contributed by atoms with van der Waals surface area (Å²) < 4.78 is 10.7. The van der Waals surface area contributed by atoms with E-state index in [0.29, 0.717) is 12.2 Å². The molecule has 1 saturated heterocycles. The van der Waals surface area contributed by atoms with Gasteiger partial charge < -0.3 is 9.47 Å². The molecule has 142 valence electrons. The zero-order valence-corrected chi connectivity index (χ0v) is 16.2. The van der Waals surface area contributed by atoms with E-state index in [0.717, 1.165) is 44.1 Å². The molecule has 0 spiro atoms. The first kappa shape index (κ1) is 20.2. The molecule has 0 amide bonds. The number of esters is 2. The Labute approximate surface area is 156 Å². The third-order valence-electron chi connectivity index (χ3n) is 5.04. The largest absolute Gasteiger partial charge is 0.461 e. The van der Waals surface area contributed by atoms with Crippen LogP contribution in [0.4, 0.5) is 0 Å². The van der Waals surface area contributed by atoms with Crippen LogP contribution in [-0.2, 0) is 19.1 Å². The molecule has 0 bridgehead atoms. The van der Waals surface area contributed by atoms with Gasteiger partial charge in [-0.2, -0.15) is 0 Å². The minimum atomic E-state index is -0.265. The Morgan fingerprint density at radius 3 is 2.65 bits per heavy atom. The number of fused-ring (bicyclic) bond motifs is 1. The molecule has 0 N–H and O–H groups in total. The van der Waals surface area contributed by atoms with Crippen LogP contribution in [0.2, 0.25) is 0 Å². The highest BCUT2D eigenvalue weighted by molar-refractivity contribution is 5.91. The highest BCUT2D eigenvalue weighted by Gasteiger charge is 2.36. The van der Waals surface area contributed by atoms with E-state index in [9.17, 15) is 9.59 Å². The second-order valence-corrected chi connectivity index (χ2v) is 7.32. The maximum absolute atomic E-state index is 11.9. The topological polar surface area (TPSA) is 52.6 Å². The number of rotatable bonds is 2. The second kappa shape index (κ2) is 9.56. The lowest BCUT2D eigenvalue weighted by Crippen LogP contribution is -2.15. The lowest BCUT2D eigenvalue weighted by atomic mass is 9.89. The highest BCUT2D eigenvalue weighted by atomic mass is 16.6. The fourth-order valence-electron chi connectivity index (χ4n) is 3.40. The van der Waals surface area contributed by atoms with E-state index in [4.69, 9.17) is 9.47 Å². The van der Waals surface area contributed by atoms with Crippen LogP contribution < -0.4 is 0 Å². The average molecular weight is 358 g/mol.